The van der Waals surface area contributed by atoms with Crippen LogP contribution < -0.4 is 5.69 Å². The van der Waals surface area contributed by atoms with Gasteiger partial charge in [0.15, 0.2) is 5.82 Å². The maximum atomic E-state index is 14.1. The van der Waals surface area contributed by atoms with Crippen LogP contribution in [0.4, 0.5) is 4.39 Å². The smallest absolute Gasteiger partial charge is 0.340 e. The Morgan fingerprint density at radius 2 is 1.73 bits per heavy atom. The Morgan fingerprint density at radius 1 is 1.03 bits per heavy atom. The van der Waals surface area contributed by atoms with Crippen LogP contribution in [0.25, 0.3) is 22.5 Å². The van der Waals surface area contributed by atoms with Gasteiger partial charge in [-0.3, -0.25) is 9.36 Å². The van der Waals surface area contributed by atoms with E-state index in [0.29, 0.717) is 24.5 Å². The van der Waals surface area contributed by atoms with E-state index >= 15 is 0 Å². The molecule has 154 valence electrons. The van der Waals surface area contributed by atoms with E-state index in [4.69, 9.17) is 0 Å². The van der Waals surface area contributed by atoms with Gasteiger partial charge < -0.3 is 4.90 Å². The molecule has 1 amide bonds. The summed E-state index contributed by atoms with van der Waals surface area (Å²) in [4.78, 5) is 27.1. The molecule has 0 radical (unpaired) electrons. The quantitative estimate of drug-likeness (QED) is 0.668. The molecule has 5 rings (SSSR count). The summed E-state index contributed by atoms with van der Waals surface area (Å²) in [7, 11) is 1.64. The largest absolute Gasteiger partial charge is 0.346 e. The third kappa shape index (κ3) is 3.24. The average molecular weight is 406 g/mol. The molecule has 2 aromatic carbocycles. The van der Waals surface area contributed by atoms with Gasteiger partial charge in [-0.2, -0.15) is 0 Å². The zero-order valence-corrected chi connectivity index (χ0v) is 16.8. The lowest BCUT2D eigenvalue weighted by atomic mass is 10.0. The average Bonchev–Trinajstić information content (AvgIpc) is 3.43. The number of likely N-dealkylation sites (tertiary alicyclic amines) is 1. The lowest BCUT2D eigenvalue weighted by molar-refractivity contribution is -0.131. The van der Waals surface area contributed by atoms with E-state index in [0.717, 1.165) is 30.4 Å². The van der Waals surface area contributed by atoms with E-state index in [1.807, 2.05) is 29.2 Å². The maximum absolute atomic E-state index is 14.1. The summed E-state index contributed by atoms with van der Waals surface area (Å²) in [5.74, 6) is 0.699. The lowest BCUT2D eigenvalue weighted by Crippen LogP contribution is -2.32. The second-order valence-corrected chi connectivity index (χ2v) is 8.16. The minimum atomic E-state index is -0.272. The molecule has 0 bridgehead atoms. The standard InChI is InChI=1S/C23H23FN4O2/c1-26-23(30)28(18-12-13-27(14-18)22(29)17-10-11-17)21(25-26)16-8-6-15(7-9-16)19-4-2-3-5-20(19)24/h2-9,17-18H,10-14H2,1H3. The van der Waals surface area contributed by atoms with Gasteiger partial charge >= 0.3 is 5.69 Å². The van der Waals surface area contributed by atoms with Crippen LogP contribution in [0.2, 0.25) is 0 Å². The molecule has 2 aliphatic rings. The highest BCUT2D eigenvalue weighted by Gasteiger charge is 2.38. The van der Waals surface area contributed by atoms with E-state index in [2.05, 4.69) is 5.10 Å². The summed E-state index contributed by atoms with van der Waals surface area (Å²) in [6, 6.07) is 14.0. The van der Waals surface area contributed by atoms with Gasteiger partial charge in [-0.1, -0.05) is 42.5 Å². The molecular formula is C23H23FN4O2. The highest BCUT2D eigenvalue weighted by atomic mass is 19.1. The molecule has 2 heterocycles. The number of rotatable bonds is 4. The van der Waals surface area contributed by atoms with E-state index < -0.39 is 0 Å². The molecule has 0 N–H and O–H groups in total. The lowest BCUT2D eigenvalue weighted by Gasteiger charge is -2.17. The zero-order chi connectivity index (χ0) is 20.8. The number of hydrogen-bond acceptors (Lipinski definition) is 3. The summed E-state index contributed by atoms with van der Waals surface area (Å²) in [6.07, 6.45) is 2.70. The Kier molecular flexibility index (Phi) is 4.53. The van der Waals surface area contributed by atoms with Crippen molar-refractivity contribution in [2.24, 2.45) is 13.0 Å². The number of halogens is 1. The first-order chi connectivity index (χ1) is 14.5. The van der Waals surface area contributed by atoms with Crippen LogP contribution in [-0.2, 0) is 11.8 Å². The Hall–Kier alpha value is -3.22. The van der Waals surface area contributed by atoms with Crippen molar-refractivity contribution >= 4 is 5.91 Å². The van der Waals surface area contributed by atoms with Crippen LogP contribution in [0.5, 0.6) is 0 Å². The third-order valence-corrected chi connectivity index (χ3v) is 6.05. The Labute approximate surface area is 173 Å². The van der Waals surface area contributed by atoms with Crippen molar-refractivity contribution in [2.75, 3.05) is 13.1 Å². The molecule has 7 heteroatoms. The topological polar surface area (TPSA) is 60.1 Å². The van der Waals surface area contributed by atoms with E-state index in [9.17, 15) is 14.0 Å². The molecule has 0 spiro atoms. The van der Waals surface area contributed by atoms with Gasteiger partial charge in [0.2, 0.25) is 5.91 Å². The van der Waals surface area contributed by atoms with Crippen molar-refractivity contribution in [1.29, 1.82) is 0 Å². The van der Waals surface area contributed by atoms with Gasteiger partial charge in [0.1, 0.15) is 5.82 Å². The maximum Gasteiger partial charge on any atom is 0.346 e. The van der Waals surface area contributed by atoms with Crippen LogP contribution in [0.1, 0.15) is 25.3 Å². The summed E-state index contributed by atoms with van der Waals surface area (Å²) in [5, 5.41) is 4.45. The van der Waals surface area contributed by atoms with Gasteiger partial charge in [-0.25, -0.2) is 13.9 Å². The number of nitrogens with zero attached hydrogens (tertiary/aromatic N) is 4. The van der Waals surface area contributed by atoms with Crippen LogP contribution in [-0.4, -0.2) is 38.2 Å². The molecule has 1 aliphatic heterocycles. The first kappa shape index (κ1) is 18.8. The minimum absolute atomic E-state index is 0.0878. The summed E-state index contributed by atoms with van der Waals surface area (Å²) in [5.41, 5.74) is 1.91. The van der Waals surface area contributed by atoms with Crippen molar-refractivity contribution in [3.63, 3.8) is 0 Å². The predicted molar refractivity (Wildman–Crippen MR) is 111 cm³/mol. The molecule has 6 nitrogen and oxygen atoms in total. The number of carbonyl (C=O) groups is 1. The molecule has 1 saturated carbocycles. The van der Waals surface area contributed by atoms with Crippen LogP contribution in [0, 0.1) is 11.7 Å². The fourth-order valence-electron chi connectivity index (χ4n) is 4.24. The third-order valence-electron chi connectivity index (χ3n) is 6.05. The Balaban J connectivity index is 1.46. The fraction of sp³-hybridized carbons (Fsp3) is 0.348. The molecular weight excluding hydrogens is 383 g/mol. The highest BCUT2D eigenvalue weighted by molar-refractivity contribution is 5.81. The molecule has 1 aliphatic carbocycles. The minimum Gasteiger partial charge on any atom is -0.340 e. The van der Waals surface area contributed by atoms with Gasteiger partial charge in [0, 0.05) is 37.2 Å². The molecule has 1 aromatic heterocycles. The molecule has 2 fully saturated rings. The number of aryl methyl sites for hydroxylation is 1. The first-order valence-corrected chi connectivity index (χ1v) is 10.3. The summed E-state index contributed by atoms with van der Waals surface area (Å²) in [6.45, 7) is 1.22. The van der Waals surface area contributed by atoms with E-state index in [-0.39, 0.29) is 29.4 Å². The number of amides is 1. The predicted octanol–water partition coefficient (Wildman–Crippen LogP) is 3.24. The first-order valence-electron chi connectivity index (χ1n) is 10.3. The van der Waals surface area contributed by atoms with Crippen molar-refractivity contribution in [2.45, 2.75) is 25.3 Å². The van der Waals surface area contributed by atoms with Crippen LogP contribution in [0.3, 0.4) is 0 Å². The molecule has 1 atom stereocenters. The zero-order valence-electron chi connectivity index (χ0n) is 16.8. The van der Waals surface area contributed by atoms with Crippen molar-refractivity contribution < 1.29 is 9.18 Å². The number of benzene rings is 2. The van der Waals surface area contributed by atoms with Gasteiger partial charge in [0.05, 0.1) is 6.04 Å². The molecule has 30 heavy (non-hydrogen) atoms. The van der Waals surface area contributed by atoms with Crippen molar-refractivity contribution in [3.8, 4) is 22.5 Å². The van der Waals surface area contributed by atoms with Crippen molar-refractivity contribution in [3.05, 3.63) is 64.8 Å². The van der Waals surface area contributed by atoms with Crippen molar-refractivity contribution in [1.82, 2.24) is 19.2 Å². The molecule has 3 aromatic rings. The normalized spacial score (nSPS) is 18.7. The number of hydrogen-bond donors (Lipinski definition) is 0. The van der Waals surface area contributed by atoms with Gasteiger partial charge in [0.25, 0.3) is 0 Å². The number of carbonyl (C=O) groups excluding carboxylic acids is 1. The second-order valence-electron chi connectivity index (χ2n) is 8.16. The Bertz CT molecular complexity index is 1160. The fourth-order valence-corrected chi connectivity index (χ4v) is 4.24. The molecule has 1 saturated heterocycles. The van der Waals surface area contributed by atoms with Crippen LogP contribution in [0.15, 0.2) is 53.3 Å². The van der Waals surface area contributed by atoms with E-state index in [1.54, 1.807) is 29.8 Å². The second kappa shape index (κ2) is 7.23. The molecule has 1 unspecified atom stereocenters. The van der Waals surface area contributed by atoms with Gasteiger partial charge in [-0.15, -0.1) is 5.10 Å². The monoisotopic (exact) mass is 406 g/mol. The summed E-state index contributed by atoms with van der Waals surface area (Å²) >= 11 is 0. The summed E-state index contributed by atoms with van der Waals surface area (Å²) < 4.78 is 17.1. The highest BCUT2D eigenvalue weighted by Crippen LogP contribution is 2.34. The van der Waals surface area contributed by atoms with E-state index in [1.165, 1.54) is 10.7 Å². The number of aromatic nitrogens is 3. The Morgan fingerprint density at radius 3 is 2.43 bits per heavy atom. The SMILES string of the molecule is Cn1nc(-c2ccc(-c3ccccc3F)cc2)n(C2CCN(C(=O)C3CC3)C2)c1=O. The van der Waals surface area contributed by atoms with Gasteiger partial charge in [-0.05, 0) is 30.9 Å². The van der Waals surface area contributed by atoms with Crippen LogP contribution >= 0.6 is 0 Å².